The van der Waals surface area contributed by atoms with E-state index in [0.717, 1.165) is 42.5 Å². The van der Waals surface area contributed by atoms with Gasteiger partial charge in [0.05, 0.1) is 11.4 Å². The van der Waals surface area contributed by atoms with Crippen LogP contribution in [-0.2, 0) is 12.0 Å². The number of H-pyrrole nitrogens is 1. The van der Waals surface area contributed by atoms with Crippen LogP contribution in [0.5, 0.6) is 0 Å². The number of likely N-dealkylation sites (N-methyl/N-ethyl adjacent to an activating group) is 1. The van der Waals surface area contributed by atoms with Gasteiger partial charge in [-0.1, -0.05) is 20.8 Å². The lowest BCUT2D eigenvalue weighted by atomic mass is 9.92. The summed E-state index contributed by atoms with van der Waals surface area (Å²) in [5.74, 6) is 0.971. The van der Waals surface area contributed by atoms with E-state index in [1.807, 2.05) is 6.92 Å². The minimum atomic E-state index is 0.0465. The second-order valence-corrected chi connectivity index (χ2v) is 7.54. The summed E-state index contributed by atoms with van der Waals surface area (Å²) in [6, 6.07) is 6.81. The summed E-state index contributed by atoms with van der Waals surface area (Å²) >= 11 is 0. The van der Waals surface area contributed by atoms with Crippen LogP contribution in [0.1, 0.15) is 37.9 Å². The maximum atomic E-state index is 4.39. The van der Waals surface area contributed by atoms with Crippen LogP contribution in [0.15, 0.2) is 18.2 Å². The summed E-state index contributed by atoms with van der Waals surface area (Å²) in [6.45, 7) is 11.3. The molecule has 23 heavy (non-hydrogen) atoms. The highest BCUT2D eigenvalue weighted by atomic mass is 15.4. The Kier molecular flexibility index (Phi) is 4.10. The molecule has 0 atom stereocenters. The Bertz CT molecular complexity index is 648. The maximum absolute atomic E-state index is 4.39. The number of aryl methyl sites for hydroxylation is 1. The standard InChI is InChI=1S/C17H26N6/c1-12-8-13(19-18-12)9-22(5)14-10-23(11-14)16-7-6-15(20-21-16)17(2,3)4/h6-8,14H,9-11H2,1-5H3,(H,18,19). The Balaban J connectivity index is 1.54. The average Bonchev–Trinajstić information content (AvgIpc) is 2.82. The number of aromatic nitrogens is 4. The van der Waals surface area contributed by atoms with E-state index in [1.165, 1.54) is 0 Å². The maximum Gasteiger partial charge on any atom is 0.151 e. The Morgan fingerprint density at radius 1 is 1.26 bits per heavy atom. The highest BCUT2D eigenvalue weighted by Gasteiger charge is 2.31. The zero-order valence-corrected chi connectivity index (χ0v) is 14.7. The lowest BCUT2D eigenvalue weighted by molar-refractivity contribution is 0.194. The van der Waals surface area contributed by atoms with Gasteiger partial charge in [0, 0.05) is 36.8 Å². The van der Waals surface area contributed by atoms with E-state index in [4.69, 9.17) is 0 Å². The van der Waals surface area contributed by atoms with Gasteiger partial charge in [0.2, 0.25) is 0 Å². The van der Waals surface area contributed by atoms with Gasteiger partial charge >= 0.3 is 0 Å². The molecule has 3 heterocycles. The van der Waals surface area contributed by atoms with Gasteiger partial charge in [0.15, 0.2) is 5.82 Å². The minimum absolute atomic E-state index is 0.0465. The highest BCUT2D eigenvalue weighted by Crippen LogP contribution is 2.24. The number of aromatic amines is 1. The molecule has 0 unspecified atom stereocenters. The SMILES string of the molecule is Cc1cc(CN(C)C2CN(c3ccc(C(C)(C)C)nn3)C2)n[nH]1. The first-order chi connectivity index (χ1) is 10.8. The molecule has 0 spiro atoms. The van der Waals surface area contributed by atoms with Crippen LogP contribution < -0.4 is 4.90 Å². The average molecular weight is 314 g/mol. The first-order valence-corrected chi connectivity index (χ1v) is 8.13. The first-order valence-electron chi connectivity index (χ1n) is 8.13. The minimum Gasteiger partial charge on any atom is -0.352 e. The summed E-state index contributed by atoms with van der Waals surface area (Å²) in [4.78, 5) is 4.62. The molecule has 0 saturated carbocycles. The second-order valence-electron chi connectivity index (χ2n) is 7.54. The van der Waals surface area contributed by atoms with Crippen LogP contribution >= 0.6 is 0 Å². The number of nitrogens with zero attached hydrogens (tertiary/aromatic N) is 5. The summed E-state index contributed by atoms with van der Waals surface area (Å²) in [5.41, 5.74) is 3.28. The van der Waals surface area contributed by atoms with Gasteiger partial charge < -0.3 is 4.90 Å². The molecule has 3 rings (SSSR count). The molecule has 2 aromatic rings. The van der Waals surface area contributed by atoms with E-state index in [1.54, 1.807) is 0 Å². The van der Waals surface area contributed by atoms with E-state index in [0.29, 0.717) is 6.04 Å². The summed E-state index contributed by atoms with van der Waals surface area (Å²) < 4.78 is 0. The molecule has 6 nitrogen and oxygen atoms in total. The van der Waals surface area contributed by atoms with Crippen LogP contribution in [0.25, 0.3) is 0 Å². The third-order valence-electron chi connectivity index (χ3n) is 4.40. The van der Waals surface area contributed by atoms with Gasteiger partial charge in [-0.25, -0.2) is 0 Å². The quantitative estimate of drug-likeness (QED) is 0.937. The molecule has 0 aliphatic carbocycles. The van der Waals surface area contributed by atoms with Gasteiger partial charge in [-0.2, -0.15) is 10.2 Å². The zero-order valence-electron chi connectivity index (χ0n) is 14.7. The monoisotopic (exact) mass is 314 g/mol. The molecule has 6 heteroatoms. The number of hydrogen-bond donors (Lipinski definition) is 1. The van der Waals surface area contributed by atoms with Gasteiger partial charge in [-0.15, -0.1) is 5.10 Å². The van der Waals surface area contributed by atoms with Crippen molar-refractivity contribution in [3.8, 4) is 0 Å². The van der Waals surface area contributed by atoms with Crippen LogP contribution in [0.2, 0.25) is 0 Å². The third-order valence-corrected chi connectivity index (χ3v) is 4.40. The zero-order chi connectivity index (χ0) is 16.6. The Morgan fingerprint density at radius 2 is 2.00 bits per heavy atom. The lowest BCUT2D eigenvalue weighted by Gasteiger charge is -2.44. The summed E-state index contributed by atoms with van der Waals surface area (Å²) in [5, 5.41) is 16.1. The number of hydrogen-bond acceptors (Lipinski definition) is 5. The first kappa shape index (κ1) is 15.9. The Morgan fingerprint density at radius 3 is 2.52 bits per heavy atom. The second kappa shape index (κ2) is 5.92. The van der Waals surface area contributed by atoms with Crippen LogP contribution in [0.4, 0.5) is 5.82 Å². The third kappa shape index (κ3) is 3.52. The van der Waals surface area contributed by atoms with E-state index >= 15 is 0 Å². The van der Waals surface area contributed by atoms with Crippen molar-refractivity contribution in [1.82, 2.24) is 25.3 Å². The molecule has 1 aliphatic rings. The van der Waals surface area contributed by atoms with Crippen molar-refractivity contribution in [1.29, 1.82) is 0 Å². The molecule has 124 valence electrons. The van der Waals surface area contributed by atoms with Crippen molar-refractivity contribution >= 4 is 5.82 Å². The largest absolute Gasteiger partial charge is 0.352 e. The molecule has 0 bridgehead atoms. The van der Waals surface area contributed by atoms with Crippen LogP contribution in [-0.4, -0.2) is 51.5 Å². The van der Waals surface area contributed by atoms with Crippen molar-refractivity contribution in [3.05, 3.63) is 35.3 Å². The van der Waals surface area contributed by atoms with E-state index < -0.39 is 0 Å². The smallest absolute Gasteiger partial charge is 0.151 e. The van der Waals surface area contributed by atoms with Crippen LogP contribution in [0, 0.1) is 6.92 Å². The van der Waals surface area contributed by atoms with E-state index in [9.17, 15) is 0 Å². The molecule has 1 N–H and O–H groups in total. The lowest BCUT2D eigenvalue weighted by Crippen LogP contribution is -2.58. The molecule has 0 aromatic carbocycles. The van der Waals surface area contributed by atoms with Gasteiger partial charge in [-0.3, -0.25) is 10.00 Å². The predicted molar refractivity (Wildman–Crippen MR) is 91.5 cm³/mol. The molecule has 0 radical (unpaired) electrons. The fourth-order valence-electron chi connectivity index (χ4n) is 2.76. The fourth-order valence-corrected chi connectivity index (χ4v) is 2.76. The van der Waals surface area contributed by atoms with Crippen molar-refractivity contribution in [3.63, 3.8) is 0 Å². The predicted octanol–water partition coefficient (Wildman–Crippen LogP) is 2.13. The number of rotatable bonds is 4. The molecule has 1 saturated heterocycles. The van der Waals surface area contributed by atoms with Gasteiger partial charge in [0.1, 0.15) is 0 Å². The highest BCUT2D eigenvalue weighted by molar-refractivity contribution is 5.42. The Hall–Kier alpha value is -1.95. The number of anilines is 1. The molecule has 0 amide bonds. The Labute approximate surface area is 137 Å². The molecule has 1 aliphatic heterocycles. The van der Waals surface area contributed by atoms with Crippen LogP contribution in [0.3, 0.4) is 0 Å². The van der Waals surface area contributed by atoms with Crippen molar-refractivity contribution in [2.24, 2.45) is 0 Å². The molecular weight excluding hydrogens is 288 g/mol. The normalized spacial score (nSPS) is 16.0. The topological polar surface area (TPSA) is 60.9 Å². The van der Waals surface area contributed by atoms with Crippen molar-refractivity contribution < 1.29 is 0 Å². The van der Waals surface area contributed by atoms with Gasteiger partial charge in [-0.05, 0) is 32.2 Å². The molecule has 2 aromatic heterocycles. The van der Waals surface area contributed by atoms with Gasteiger partial charge in [0.25, 0.3) is 0 Å². The van der Waals surface area contributed by atoms with E-state index in [-0.39, 0.29) is 5.41 Å². The molecule has 1 fully saturated rings. The number of nitrogens with one attached hydrogen (secondary N) is 1. The molecular formula is C17H26N6. The summed E-state index contributed by atoms with van der Waals surface area (Å²) in [6.07, 6.45) is 0. The van der Waals surface area contributed by atoms with E-state index in [2.05, 4.69) is 76.2 Å². The van der Waals surface area contributed by atoms with Crippen molar-refractivity contribution in [2.75, 3.05) is 25.0 Å². The van der Waals surface area contributed by atoms with Crippen molar-refractivity contribution in [2.45, 2.75) is 45.7 Å². The fraction of sp³-hybridized carbons (Fsp3) is 0.588. The summed E-state index contributed by atoms with van der Waals surface area (Å²) in [7, 11) is 2.15.